The maximum absolute atomic E-state index is 12.6. The van der Waals surface area contributed by atoms with Crippen molar-refractivity contribution in [3.05, 3.63) is 59.4 Å². The highest BCUT2D eigenvalue weighted by atomic mass is 32.2. The number of thioether (sulfide) groups is 1. The van der Waals surface area contributed by atoms with Crippen LogP contribution in [0.1, 0.15) is 23.9 Å². The van der Waals surface area contributed by atoms with Gasteiger partial charge >= 0.3 is 6.61 Å². The molecule has 0 aliphatic heterocycles. The predicted octanol–water partition coefficient (Wildman–Crippen LogP) is 3.91. The molecule has 32 heavy (non-hydrogen) atoms. The van der Waals surface area contributed by atoms with E-state index in [0.29, 0.717) is 11.0 Å². The zero-order valence-corrected chi connectivity index (χ0v) is 18.5. The van der Waals surface area contributed by atoms with Crippen LogP contribution >= 0.6 is 11.8 Å². The Labute approximate surface area is 188 Å². The van der Waals surface area contributed by atoms with E-state index in [-0.39, 0.29) is 18.0 Å². The van der Waals surface area contributed by atoms with Gasteiger partial charge in [0.1, 0.15) is 18.1 Å². The van der Waals surface area contributed by atoms with Gasteiger partial charge in [-0.1, -0.05) is 42.1 Å². The first-order valence-electron chi connectivity index (χ1n) is 9.66. The minimum atomic E-state index is -3.00. The number of hydrogen-bond acceptors (Lipinski definition) is 7. The molecule has 2 aromatic carbocycles. The summed E-state index contributed by atoms with van der Waals surface area (Å²) in [4.78, 5) is 12.6. The number of nitrogens with two attached hydrogens (primary N) is 1. The summed E-state index contributed by atoms with van der Waals surface area (Å²) in [6, 6.07) is 11.8. The van der Waals surface area contributed by atoms with Gasteiger partial charge in [0.2, 0.25) is 11.1 Å². The quantitative estimate of drug-likeness (QED) is 0.366. The molecule has 8 nitrogen and oxygen atoms in total. The van der Waals surface area contributed by atoms with Gasteiger partial charge in [-0.05, 0) is 44.0 Å². The lowest BCUT2D eigenvalue weighted by atomic mass is 10.1. The van der Waals surface area contributed by atoms with E-state index in [1.165, 1.54) is 22.9 Å². The van der Waals surface area contributed by atoms with Crippen LogP contribution in [0.3, 0.4) is 0 Å². The van der Waals surface area contributed by atoms with Gasteiger partial charge in [0.15, 0.2) is 5.82 Å². The SMILES string of the molecule is Cc1cccc(C)c1OCc1nnc(SC(C)C(=O)Nc2ccccc2OC(F)F)n1N. The van der Waals surface area contributed by atoms with Gasteiger partial charge in [-0.15, -0.1) is 10.2 Å². The van der Waals surface area contributed by atoms with Crippen LogP contribution in [0.4, 0.5) is 14.5 Å². The molecule has 0 aliphatic carbocycles. The summed E-state index contributed by atoms with van der Waals surface area (Å²) >= 11 is 1.07. The summed E-state index contributed by atoms with van der Waals surface area (Å²) in [5.41, 5.74) is 2.12. The van der Waals surface area contributed by atoms with Gasteiger partial charge in [0.05, 0.1) is 10.9 Å². The number of hydrogen-bond donors (Lipinski definition) is 2. The third-order valence-electron chi connectivity index (χ3n) is 4.50. The van der Waals surface area contributed by atoms with Crippen LogP contribution in [0.5, 0.6) is 11.5 Å². The minimum Gasteiger partial charge on any atom is -0.485 e. The summed E-state index contributed by atoms with van der Waals surface area (Å²) < 4.78 is 36.7. The molecule has 0 saturated carbocycles. The first-order chi connectivity index (χ1) is 15.3. The molecule has 1 atom stereocenters. The Morgan fingerprint density at radius 1 is 1.16 bits per heavy atom. The van der Waals surface area contributed by atoms with Gasteiger partial charge in [-0.25, -0.2) is 4.68 Å². The highest BCUT2D eigenvalue weighted by Crippen LogP contribution is 2.28. The van der Waals surface area contributed by atoms with Crippen molar-refractivity contribution in [3.63, 3.8) is 0 Å². The molecule has 1 amide bonds. The number of amides is 1. The van der Waals surface area contributed by atoms with Crippen molar-refractivity contribution < 1.29 is 23.0 Å². The number of nitrogens with one attached hydrogen (secondary N) is 1. The Kier molecular flexibility index (Phi) is 7.52. The molecule has 0 fully saturated rings. The van der Waals surface area contributed by atoms with Crippen molar-refractivity contribution in [2.75, 3.05) is 11.2 Å². The number of rotatable bonds is 9. The molecule has 3 rings (SSSR count). The third kappa shape index (κ3) is 5.67. The Hall–Kier alpha value is -3.34. The van der Waals surface area contributed by atoms with Gasteiger partial charge in [0.25, 0.3) is 0 Å². The van der Waals surface area contributed by atoms with Crippen molar-refractivity contribution in [1.29, 1.82) is 0 Å². The molecule has 1 heterocycles. The highest BCUT2D eigenvalue weighted by molar-refractivity contribution is 8.00. The highest BCUT2D eigenvalue weighted by Gasteiger charge is 2.21. The zero-order chi connectivity index (χ0) is 23.3. The number of carbonyl (C=O) groups is 1. The number of nitrogen functional groups attached to an aromatic ring is 1. The second-order valence-electron chi connectivity index (χ2n) is 6.90. The first-order valence-corrected chi connectivity index (χ1v) is 10.5. The molecular formula is C21H23F2N5O3S. The van der Waals surface area contributed by atoms with E-state index in [0.717, 1.165) is 28.6 Å². The van der Waals surface area contributed by atoms with Gasteiger partial charge < -0.3 is 20.6 Å². The van der Waals surface area contributed by atoms with Crippen LogP contribution in [-0.4, -0.2) is 32.6 Å². The third-order valence-corrected chi connectivity index (χ3v) is 5.56. The normalized spacial score (nSPS) is 11.9. The van der Waals surface area contributed by atoms with Crippen LogP contribution < -0.4 is 20.6 Å². The molecule has 3 N–H and O–H groups in total. The van der Waals surface area contributed by atoms with Gasteiger partial charge in [0, 0.05) is 0 Å². The topological polar surface area (TPSA) is 104 Å². The van der Waals surface area contributed by atoms with Crippen molar-refractivity contribution >= 4 is 23.4 Å². The molecule has 1 aromatic heterocycles. The Morgan fingerprint density at radius 3 is 2.53 bits per heavy atom. The lowest BCUT2D eigenvalue weighted by molar-refractivity contribution is -0.115. The summed E-state index contributed by atoms with van der Waals surface area (Å²) in [6.07, 6.45) is 0. The van der Waals surface area contributed by atoms with Gasteiger partial charge in [-0.3, -0.25) is 4.79 Å². The van der Waals surface area contributed by atoms with Gasteiger partial charge in [-0.2, -0.15) is 8.78 Å². The lowest BCUT2D eigenvalue weighted by Crippen LogP contribution is -2.24. The number of aromatic nitrogens is 3. The minimum absolute atomic E-state index is 0.106. The van der Waals surface area contributed by atoms with E-state index in [4.69, 9.17) is 10.6 Å². The zero-order valence-electron chi connectivity index (χ0n) is 17.7. The summed E-state index contributed by atoms with van der Waals surface area (Å²) in [7, 11) is 0. The molecule has 0 aliphatic rings. The van der Waals surface area contributed by atoms with Crippen molar-refractivity contribution in [2.45, 2.75) is 44.4 Å². The molecular weight excluding hydrogens is 440 g/mol. The fourth-order valence-electron chi connectivity index (χ4n) is 2.86. The summed E-state index contributed by atoms with van der Waals surface area (Å²) in [5.74, 6) is 6.66. The van der Waals surface area contributed by atoms with E-state index in [9.17, 15) is 13.6 Å². The molecule has 0 saturated heterocycles. The number of halogens is 2. The maximum atomic E-state index is 12.6. The van der Waals surface area contributed by atoms with Crippen LogP contribution in [0, 0.1) is 13.8 Å². The fraction of sp³-hybridized carbons (Fsp3) is 0.286. The van der Waals surface area contributed by atoms with Crippen molar-refractivity contribution in [1.82, 2.24) is 14.9 Å². The number of carbonyl (C=O) groups excluding carboxylic acids is 1. The van der Waals surface area contributed by atoms with Crippen LogP contribution in [-0.2, 0) is 11.4 Å². The molecule has 1 unspecified atom stereocenters. The predicted molar refractivity (Wildman–Crippen MR) is 117 cm³/mol. The Morgan fingerprint density at radius 2 is 1.84 bits per heavy atom. The second-order valence-corrected chi connectivity index (χ2v) is 8.21. The molecule has 3 aromatic rings. The average Bonchev–Trinajstić information content (AvgIpc) is 3.08. The van der Waals surface area contributed by atoms with Crippen LogP contribution in [0.15, 0.2) is 47.6 Å². The first kappa shape index (κ1) is 23.3. The van der Waals surface area contributed by atoms with Crippen LogP contribution in [0.25, 0.3) is 0 Å². The summed E-state index contributed by atoms with van der Waals surface area (Å²) in [5, 5.41) is 10.3. The van der Waals surface area contributed by atoms with E-state index in [1.807, 2.05) is 32.0 Å². The number of anilines is 1. The fourth-order valence-corrected chi connectivity index (χ4v) is 3.65. The number of para-hydroxylation sites is 3. The maximum Gasteiger partial charge on any atom is 0.387 e. The summed E-state index contributed by atoms with van der Waals surface area (Å²) in [6.45, 7) is 2.63. The number of nitrogens with zero attached hydrogens (tertiary/aromatic N) is 3. The van der Waals surface area contributed by atoms with E-state index in [2.05, 4.69) is 20.3 Å². The average molecular weight is 464 g/mol. The largest absolute Gasteiger partial charge is 0.485 e. The van der Waals surface area contributed by atoms with E-state index >= 15 is 0 Å². The number of benzene rings is 2. The Bertz CT molecular complexity index is 1070. The van der Waals surface area contributed by atoms with E-state index < -0.39 is 17.8 Å². The molecule has 0 spiro atoms. The molecule has 0 bridgehead atoms. The number of aryl methyl sites for hydroxylation is 2. The standard InChI is InChI=1S/C21H23F2N5O3S/c1-12-7-6-8-13(2)18(12)30-11-17-26-27-21(28(17)24)32-14(3)19(29)25-15-9-4-5-10-16(15)31-20(22)23/h4-10,14,20H,11,24H2,1-3H3,(H,25,29). The van der Waals surface area contributed by atoms with Crippen LogP contribution in [0.2, 0.25) is 0 Å². The molecule has 170 valence electrons. The van der Waals surface area contributed by atoms with Crippen molar-refractivity contribution in [2.24, 2.45) is 0 Å². The molecule has 11 heteroatoms. The number of alkyl halides is 2. The lowest BCUT2D eigenvalue weighted by Gasteiger charge is -2.14. The second kappa shape index (κ2) is 10.3. The van der Waals surface area contributed by atoms with Crippen molar-refractivity contribution in [3.8, 4) is 11.5 Å². The molecule has 0 radical (unpaired) electrons. The smallest absolute Gasteiger partial charge is 0.387 e. The Balaban J connectivity index is 1.63. The van der Waals surface area contributed by atoms with E-state index in [1.54, 1.807) is 13.0 Å². The monoisotopic (exact) mass is 463 g/mol. The number of ether oxygens (including phenoxy) is 2.